The molecule has 0 aliphatic carbocycles. The molecule has 0 bridgehead atoms. The molecule has 0 atom stereocenters. The second kappa shape index (κ2) is 5.98. The fourth-order valence-corrected chi connectivity index (χ4v) is 2.84. The van der Waals surface area contributed by atoms with Gasteiger partial charge in [0, 0.05) is 23.2 Å². The maximum atomic E-state index is 12.4. The number of aryl methyl sites for hydroxylation is 1. The lowest BCUT2D eigenvalue weighted by atomic mass is 10.1. The number of amides is 1. The predicted octanol–water partition coefficient (Wildman–Crippen LogP) is 3.01. The fourth-order valence-electron chi connectivity index (χ4n) is 2.84. The third-order valence-electron chi connectivity index (χ3n) is 3.99. The predicted molar refractivity (Wildman–Crippen MR) is 92.1 cm³/mol. The summed E-state index contributed by atoms with van der Waals surface area (Å²) in [5, 5.41) is 3.56. The molecule has 1 aliphatic heterocycles. The molecule has 25 heavy (non-hydrogen) atoms. The number of fused-ring (bicyclic) bond motifs is 2. The van der Waals surface area contributed by atoms with Gasteiger partial charge in [0.05, 0.1) is 6.42 Å². The Hall–Kier alpha value is -3.28. The number of carbonyl (C=O) groups is 1. The standard InChI is InChI=1S/C19H15NO5/c1-11-2-4-14-12(8-19(22)25-16(14)6-11)7-18(21)20-13-3-5-15-17(9-13)24-10-23-15/h2-6,8-9H,7,10H2,1H3,(H,20,21). The van der Waals surface area contributed by atoms with Gasteiger partial charge in [0.15, 0.2) is 11.5 Å². The van der Waals surface area contributed by atoms with E-state index in [1.807, 2.05) is 19.1 Å². The Kier molecular flexibility index (Phi) is 3.65. The quantitative estimate of drug-likeness (QED) is 0.743. The highest BCUT2D eigenvalue weighted by molar-refractivity contribution is 5.95. The third kappa shape index (κ3) is 3.06. The highest BCUT2D eigenvalue weighted by Crippen LogP contribution is 2.34. The minimum atomic E-state index is -0.469. The monoisotopic (exact) mass is 337 g/mol. The van der Waals surface area contributed by atoms with E-state index >= 15 is 0 Å². The Balaban J connectivity index is 1.58. The van der Waals surface area contributed by atoms with Crippen LogP contribution in [0.4, 0.5) is 5.69 Å². The first-order valence-corrected chi connectivity index (χ1v) is 7.81. The van der Waals surface area contributed by atoms with Gasteiger partial charge < -0.3 is 19.2 Å². The Morgan fingerprint density at radius 1 is 1.08 bits per heavy atom. The number of hydrogen-bond donors (Lipinski definition) is 1. The smallest absolute Gasteiger partial charge is 0.336 e. The Labute approximate surface area is 143 Å². The first-order valence-electron chi connectivity index (χ1n) is 7.81. The van der Waals surface area contributed by atoms with Gasteiger partial charge in [-0.2, -0.15) is 0 Å². The largest absolute Gasteiger partial charge is 0.454 e. The molecule has 0 spiro atoms. The SMILES string of the molecule is Cc1ccc2c(CC(=O)Nc3ccc4c(c3)OCO4)cc(=O)oc2c1. The Morgan fingerprint density at radius 2 is 1.92 bits per heavy atom. The summed E-state index contributed by atoms with van der Waals surface area (Å²) in [6, 6.07) is 12.1. The highest BCUT2D eigenvalue weighted by atomic mass is 16.7. The first-order chi connectivity index (χ1) is 12.1. The Bertz CT molecular complexity index is 1040. The average Bonchev–Trinajstić information content (AvgIpc) is 3.01. The van der Waals surface area contributed by atoms with E-state index in [1.54, 1.807) is 24.3 Å². The van der Waals surface area contributed by atoms with Gasteiger partial charge in [-0.15, -0.1) is 0 Å². The molecule has 6 heteroatoms. The second-order valence-electron chi connectivity index (χ2n) is 5.88. The van der Waals surface area contributed by atoms with Gasteiger partial charge in [-0.1, -0.05) is 12.1 Å². The minimum absolute atomic E-state index is 0.0691. The lowest BCUT2D eigenvalue weighted by molar-refractivity contribution is -0.115. The van der Waals surface area contributed by atoms with Crippen LogP contribution >= 0.6 is 0 Å². The molecule has 3 aromatic rings. The molecule has 2 heterocycles. The summed E-state index contributed by atoms with van der Waals surface area (Å²) in [5.41, 5.74) is 2.24. The second-order valence-corrected chi connectivity index (χ2v) is 5.88. The van der Waals surface area contributed by atoms with Crippen molar-refractivity contribution in [2.45, 2.75) is 13.3 Å². The Morgan fingerprint density at radius 3 is 2.80 bits per heavy atom. The summed E-state index contributed by atoms with van der Waals surface area (Å²) in [5.74, 6) is 1.02. The zero-order chi connectivity index (χ0) is 17.4. The summed E-state index contributed by atoms with van der Waals surface area (Å²) in [7, 11) is 0. The zero-order valence-corrected chi connectivity index (χ0v) is 13.5. The van der Waals surface area contributed by atoms with Crippen LogP contribution in [0.1, 0.15) is 11.1 Å². The van der Waals surface area contributed by atoms with Crippen LogP contribution in [-0.4, -0.2) is 12.7 Å². The molecule has 1 aliphatic rings. The van der Waals surface area contributed by atoms with Crippen LogP contribution in [0.15, 0.2) is 51.7 Å². The summed E-state index contributed by atoms with van der Waals surface area (Å²) >= 11 is 0. The lowest BCUT2D eigenvalue weighted by Crippen LogP contribution is -2.15. The van der Waals surface area contributed by atoms with Crippen molar-refractivity contribution >= 4 is 22.6 Å². The molecular weight excluding hydrogens is 322 g/mol. The van der Waals surface area contributed by atoms with Crippen LogP contribution in [0.5, 0.6) is 11.5 Å². The lowest BCUT2D eigenvalue weighted by Gasteiger charge is -2.08. The minimum Gasteiger partial charge on any atom is -0.454 e. The molecule has 1 amide bonds. The topological polar surface area (TPSA) is 77.8 Å². The normalized spacial score (nSPS) is 12.4. The summed E-state index contributed by atoms with van der Waals surface area (Å²) < 4.78 is 15.8. The molecule has 0 radical (unpaired) electrons. The van der Waals surface area contributed by atoms with Gasteiger partial charge in [-0.25, -0.2) is 4.79 Å². The van der Waals surface area contributed by atoms with Crippen molar-refractivity contribution in [3.05, 3.63) is 64.0 Å². The van der Waals surface area contributed by atoms with E-state index in [2.05, 4.69) is 5.32 Å². The van der Waals surface area contributed by atoms with E-state index in [0.717, 1.165) is 10.9 Å². The average molecular weight is 337 g/mol. The van der Waals surface area contributed by atoms with E-state index in [4.69, 9.17) is 13.9 Å². The van der Waals surface area contributed by atoms with Crippen LogP contribution < -0.4 is 20.4 Å². The van der Waals surface area contributed by atoms with Crippen molar-refractivity contribution in [3.8, 4) is 11.5 Å². The molecule has 126 valence electrons. The van der Waals surface area contributed by atoms with E-state index < -0.39 is 5.63 Å². The molecule has 0 unspecified atom stereocenters. The van der Waals surface area contributed by atoms with Gasteiger partial charge in [-0.05, 0) is 36.2 Å². The van der Waals surface area contributed by atoms with E-state index in [1.165, 1.54) is 6.07 Å². The van der Waals surface area contributed by atoms with Crippen molar-refractivity contribution < 1.29 is 18.7 Å². The maximum Gasteiger partial charge on any atom is 0.336 e. The van der Waals surface area contributed by atoms with Crippen LogP contribution in [0.3, 0.4) is 0 Å². The summed E-state index contributed by atoms with van der Waals surface area (Å²) in [6.45, 7) is 2.09. The number of carbonyl (C=O) groups excluding carboxylic acids is 1. The van der Waals surface area contributed by atoms with Gasteiger partial charge in [0.2, 0.25) is 12.7 Å². The van der Waals surface area contributed by atoms with Crippen molar-refractivity contribution in [3.63, 3.8) is 0 Å². The molecule has 1 N–H and O–H groups in total. The number of nitrogens with one attached hydrogen (secondary N) is 1. The molecule has 6 nitrogen and oxygen atoms in total. The van der Waals surface area contributed by atoms with Gasteiger partial charge in [0.25, 0.3) is 0 Å². The first kappa shape index (κ1) is 15.3. The number of benzene rings is 2. The molecular formula is C19H15NO5. The summed E-state index contributed by atoms with van der Waals surface area (Å²) in [4.78, 5) is 24.1. The number of rotatable bonds is 3. The van der Waals surface area contributed by atoms with Crippen LogP contribution in [0, 0.1) is 6.92 Å². The molecule has 0 fully saturated rings. The van der Waals surface area contributed by atoms with Crippen molar-refractivity contribution in [1.82, 2.24) is 0 Å². The van der Waals surface area contributed by atoms with Gasteiger partial charge in [-0.3, -0.25) is 4.79 Å². The zero-order valence-electron chi connectivity index (χ0n) is 13.5. The van der Waals surface area contributed by atoms with Crippen LogP contribution in [-0.2, 0) is 11.2 Å². The summed E-state index contributed by atoms with van der Waals surface area (Å²) in [6.07, 6.45) is 0.0691. The third-order valence-corrected chi connectivity index (χ3v) is 3.99. The van der Waals surface area contributed by atoms with Crippen LogP contribution in [0.25, 0.3) is 11.0 Å². The molecule has 0 saturated carbocycles. The molecule has 4 rings (SSSR count). The number of anilines is 1. The van der Waals surface area contributed by atoms with Crippen molar-refractivity contribution in [2.75, 3.05) is 12.1 Å². The van der Waals surface area contributed by atoms with E-state index in [-0.39, 0.29) is 19.1 Å². The molecule has 2 aromatic carbocycles. The van der Waals surface area contributed by atoms with Gasteiger partial charge in [0.1, 0.15) is 5.58 Å². The highest BCUT2D eigenvalue weighted by Gasteiger charge is 2.15. The van der Waals surface area contributed by atoms with Crippen molar-refractivity contribution in [1.29, 1.82) is 0 Å². The number of ether oxygens (including phenoxy) is 2. The van der Waals surface area contributed by atoms with Crippen molar-refractivity contribution in [2.24, 2.45) is 0 Å². The van der Waals surface area contributed by atoms with Gasteiger partial charge >= 0.3 is 5.63 Å². The maximum absolute atomic E-state index is 12.4. The molecule has 0 saturated heterocycles. The fraction of sp³-hybridized carbons (Fsp3) is 0.158. The molecule has 1 aromatic heterocycles. The number of hydrogen-bond acceptors (Lipinski definition) is 5. The van der Waals surface area contributed by atoms with E-state index in [9.17, 15) is 9.59 Å². The van der Waals surface area contributed by atoms with Crippen LogP contribution in [0.2, 0.25) is 0 Å². The van der Waals surface area contributed by atoms with E-state index in [0.29, 0.717) is 28.3 Å².